The van der Waals surface area contributed by atoms with Crippen LogP contribution in [-0.2, 0) is 13.5 Å². The van der Waals surface area contributed by atoms with E-state index in [1.54, 1.807) is 17.5 Å². The quantitative estimate of drug-likeness (QED) is 0.771. The normalized spacial score (nSPS) is 11.0. The average Bonchev–Trinajstić information content (AvgIpc) is 2.98. The maximum absolute atomic E-state index is 4.64. The number of nitrogens with one attached hydrogen (secondary N) is 1. The molecule has 3 rings (SSSR count). The summed E-state index contributed by atoms with van der Waals surface area (Å²) >= 11 is 1.75. The number of hydrogen-bond donors (Lipinski definition) is 1. The number of rotatable bonds is 5. The zero-order valence-electron chi connectivity index (χ0n) is 14.7. The van der Waals surface area contributed by atoms with Crippen molar-refractivity contribution < 1.29 is 0 Å². The van der Waals surface area contributed by atoms with E-state index in [2.05, 4.69) is 39.2 Å². The molecule has 0 aliphatic heterocycles. The Labute approximate surface area is 146 Å². The third kappa shape index (κ3) is 3.31. The molecule has 3 aromatic rings. The summed E-state index contributed by atoms with van der Waals surface area (Å²) in [5.41, 5.74) is 5.18. The van der Waals surface area contributed by atoms with Crippen molar-refractivity contribution >= 4 is 17.3 Å². The minimum Gasteiger partial charge on any atom is -0.354 e. The van der Waals surface area contributed by atoms with E-state index < -0.39 is 0 Å². The molecule has 24 heavy (non-hydrogen) atoms. The van der Waals surface area contributed by atoms with Crippen molar-refractivity contribution in [2.75, 3.05) is 11.9 Å². The van der Waals surface area contributed by atoms with Crippen LogP contribution in [0.3, 0.4) is 0 Å². The largest absolute Gasteiger partial charge is 0.354 e. The first-order chi connectivity index (χ1) is 11.5. The first kappa shape index (κ1) is 16.6. The Morgan fingerprint density at radius 1 is 1.12 bits per heavy atom. The zero-order chi connectivity index (χ0) is 17.3. The maximum Gasteiger partial charge on any atom is 0.223 e. The van der Waals surface area contributed by atoms with E-state index in [0.717, 1.165) is 46.3 Å². The second-order valence-corrected chi connectivity index (χ2v) is 7.15. The Kier molecular flexibility index (Phi) is 4.62. The van der Waals surface area contributed by atoms with Crippen LogP contribution in [0.1, 0.15) is 27.0 Å². The molecule has 0 radical (unpaired) electrons. The van der Waals surface area contributed by atoms with Gasteiger partial charge in [-0.3, -0.25) is 4.68 Å². The van der Waals surface area contributed by atoms with Gasteiger partial charge in [0.1, 0.15) is 0 Å². The molecule has 3 aromatic heterocycles. The molecule has 6 nitrogen and oxygen atoms in total. The van der Waals surface area contributed by atoms with Gasteiger partial charge in [-0.25, -0.2) is 15.0 Å². The lowest BCUT2D eigenvalue weighted by atomic mass is 10.1. The van der Waals surface area contributed by atoms with Crippen molar-refractivity contribution in [3.8, 4) is 11.3 Å². The second-order valence-electron chi connectivity index (χ2n) is 5.86. The van der Waals surface area contributed by atoms with Crippen molar-refractivity contribution in [3.05, 3.63) is 39.2 Å². The number of nitrogens with zero attached hydrogens (tertiary/aromatic N) is 5. The van der Waals surface area contributed by atoms with Gasteiger partial charge in [-0.15, -0.1) is 11.3 Å². The van der Waals surface area contributed by atoms with E-state index in [0.29, 0.717) is 5.95 Å². The Morgan fingerprint density at radius 3 is 2.54 bits per heavy atom. The molecule has 0 aliphatic rings. The number of hydrogen-bond acceptors (Lipinski definition) is 6. The predicted molar refractivity (Wildman–Crippen MR) is 97.5 cm³/mol. The molecule has 126 valence electrons. The minimum absolute atomic E-state index is 0.639. The van der Waals surface area contributed by atoms with Crippen LogP contribution in [0.15, 0.2) is 12.3 Å². The third-order valence-electron chi connectivity index (χ3n) is 4.12. The summed E-state index contributed by atoms with van der Waals surface area (Å²) in [6, 6.07) is 1.93. The Balaban J connectivity index is 1.71. The number of aromatic nitrogens is 5. The molecule has 0 unspecified atom stereocenters. The SMILES string of the molecule is Cc1nc(CCNc2nccc(-c3c(C)nn(C)c3C)n2)sc1C. The van der Waals surface area contributed by atoms with Gasteiger partial charge in [0.15, 0.2) is 0 Å². The van der Waals surface area contributed by atoms with Crippen LogP contribution in [0.4, 0.5) is 5.95 Å². The highest BCUT2D eigenvalue weighted by atomic mass is 32.1. The molecule has 0 atom stereocenters. The lowest BCUT2D eigenvalue weighted by Gasteiger charge is -2.06. The molecule has 0 fully saturated rings. The van der Waals surface area contributed by atoms with Gasteiger partial charge in [0, 0.05) is 42.3 Å². The lowest BCUT2D eigenvalue weighted by molar-refractivity contribution is 0.731. The maximum atomic E-state index is 4.64. The van der Waals surface area contributed by atoms with Crippen molar-refractivity contribution in [1.29, 1.82) is 0 Å². The van der Waals surface area contributed by atoms with E-state index >= 15 is 0 Å². The molecular weight excluding hydrogens is 320 g/mol. The summed E-state index contributed by atoms with van der Waals surface area (Å²) in [6.07, 6.45) is 2.66. The molecule has 0 saturated carbocycles. The average molecular weight is 342 g/mol. The summed E-state index contributed by atoms with van der Waals surface area (Å²) < 4.78 is 1.88. The molecule has 0 bridgehead atoms. The molecule has 0 amide bonds. The Hall–Kier alpha value is -2.28. The Bertz CT molecular complexity index is 845. The molecule has 1 N–H and O–H groups in total. The van der Waals surface area contributed by atoms with E-state index in [9.17, 15) is 0 Å². The summed E-state index contributed by atoms with van der Waals surface area (Å²) in [6.45, 7) is 8.98. The standard InChI is InChI=1S/C17H22N6S/c1-10-13(4)24-15(20-10)7-9-19-17-18-8-6-14(21-17)16-11(2)22-23(5)12(16)3/h6,8H,7,9H2,1-5H3,(H,18,19,21). The predicted octanol–water partition coefficient (Wildman–Crippen LogP) is 3.22. The second kappa shape index (κ2) is 6.68. The van der Waals surface area contributed by atoms with Gasteiger partial charge in [-0.1, -0.05) is 0 Å². The fourth-order valence-electron chi connectivity index (χ4n) is 2.65. The summed E-state index contributed by atoms with van der Waals surface area (Å²) in [5.74, 6) is 0.639. The van der Waals surface area contributed by atoms with Gasteiger partial charge < -0.3 is 5.32 Å². The van der Waals surface area contributed by atoms with Gasteiger partial charge in [0.25, 0.3) is 0 Å². The highest BCUT2D eigenvalue weighted by Gasteiger charge is 2.13. The van der Waals surface area contributed by atoms with Gasteiger partial charge in [-0.2, -0.15) is 5.10 Å². The number of thiazole rings is 1. The highest BCUT2D eigenvalue weighted by molar-refractivity contribution is 7.11. The molecule has 0 aromatic carbocycles. The van der Waals surface area contributed by atoms with Crippen LogP contribution in [0.2, 0.25) is 0 Å². The fraction of sp³-hybridized carbons (Fsp3) is 0.412. The smallest absolute Gasteiger partial charge is 0.223 e. The molecule has 3 heterocycles. The van der Waals surface area contributed by atoms with Gasteiger partial charge >= 0.3 is 0 Å². The number of anilines is 1. The first-order valence-electron chi connectivity index (χ1n) is 7.96. The van der Waals surface area contributed by atoms with E-state index in [4.69, 9.17) is 0 Å². The fourth-order valence-corrected chi connectivity index (χ4v) is 3.59. The van der Waals surface area contributed by atoms with Crippen molar-refractivity contribution in [2.24, 2.45) is 7.05 Å². The van der Waals surface area contributed by atoms with Gasteiger partial charge in [0.05, 0.1) is 22.1 Å². The van der Waals surface area contributed by atoms with Crippen molar-refractivity contribution in [2.45, 2.75) is 34.1 Å². The Morgan fingerprint density at radius 2 is 1.92 bits per heavy atom. The molecular formula is C17H22N6S. The van der Waals surface area contributed by atoms with Crippen LogP contribution < -0.4 is 5.32 Å². The molecule has 0 spiro atoms. The van der Waals surface area contributed by atoms with Crippen molar-refractivity contribution in [1.82, 2.24) is 24.7 Å². The zero-order valence-corrected chi connectivity index (χ0v) is 15.5. The monoisotopic (exact) mass is 342 g/mol. The third-order valence-corrected chi connectivity index (χ3v) is 5.25. The summed E-state index contributed by atoms with van der Waals surface area (Å²) in [4.78, 5) is 14.8. The van der Waals surface area contributed by atoms with E-state index in [1.165, 1.54) is 4.88 Å². The van der Waals surface area contributed by atoms with Crippen LogP contribution >= 0.6 is 11.3 Å². The minimum atomic E-state index is 0.639. The molecule has 0 saturated heterocycles. The lowest BCUT2D eigenvalue weighted by Crippen LogP contribution is -2.08. The summed E-state index contributed by atoms with van der Waals surface area (Å²) in [5, 5.41) is 8.90. The van der Waals surface area contributed by atoms with Crippen molar-refractivity contribution in [3.63, 3.8) is 0 Å². The van der Waals surface area contributed by atoms with Gasteiger partial charge in [-0.05, 0) is 33.8 Å². The van der Waals surface area contributed by atoms with Crippen LogP contribution in [0, 0.1) is 27.7 Å². The van der Waals surface area contributed by atoms with E-state index in [1.807, 2.05) is 31.6 Å². The molecule has 0 aliphatic carbocycles. The van der Waals surface area contributed by atoms with Crippen LogP contribution in [0.25, 0.3) is 11.3 Å². The first-order valence-corrected chi connectivity index (χ1v) is 8.77. The molecule has 7 heteroatoms. The van der Waals surface area contributed by atoms with Crippen LogP contribution in [0.5, 0.6) is 0 Å². The topological polar surface area (TPSA) is 68.5 Å². The van der Waals surface area contributed by atoms with Gasteiger partial charge in [0.2, 0.25) is 5.95 Å². The van der Waals surface area contributed by atoms with E-state index in [-0.39, 0.29) is 0 Å². The van der Waals surface area contributed by atoms with Crippen LogP contribution in [-0.4, -0.2) is 31.3 Å². The number of aryl methyl sites for hydroxylation is 4. The summed E-state index contributed by atoms with van der Waals surface area (Å²) in [7, 11) is 1.95. The highest BCUT2D eigenvalue weighted by Crippen LogP contribution is 2.25.